The Bertz CT molecular complexity index is 843. The maximum atomic E-state index is 6.32. The van der Waals surface area contributed by atoms with Crippen molar-refractivity contribution in [1.82, 2.24) is 15.0 Å². The van der Waals surface area contributed by atoms with Gasteiger partial charge in [0.1, 0.15) is 5.75 Å². The van der Waals surface area contributed by atoms with Crippen molar-refractivity contribution in [2.24, 2.45) is 5.73 Å². The van der Waals surface area contributed by atoms with Gasteiger partial charge in [0.2, 0.25) is 17.8 Å². The number of hydrogen-bond acceptors (Lipinski definition) is 8. The SMILES string of the molecule is CCCC(N)N(C)c1nc(Nc2ccc(OC)c(Cl)c2)nc(NC2CCCCCC2)n1. The molecule has 9 heteroatoms. The zero-order valence-electron chi connectivity index (χ0n) is 18.7. The minimum absolute atomic E-state index is 0.165. The van der Waals surface area contributed by atoms with E-state index >= 15 is 0 Å². The summed E-state index contributed by atoms with van der Waals surface area (Å²) in [5.74, 6) is 2.16. The molecule has 0 bridgehead atoms. The predicted molar refractivity (Wildman–Crippen MR) is 128 cm³/mol. The number of nitrogens with zero attached hydrogens (tertiary/aromatic N) is 4. The number of halogens is 1. The van der Waals surface area contributed by atoms with E-state index in [2.05, 4.69) is 32.5 Å². The second kappa shape index (κ2) is 11.3. The van der Waals surface area contributed by atoms with E-state index in [9.17, 15) is 0 Å². The summed E-state index contributed by atoms with van der Waals surface area (Å²) in [5.41, 5.74) is 7.09. The minimum atomic E-state index is -0.165. The molecule has 0 amide bonds. The summed E-state index contributed by atoms with van der Waals surface area (Å²) in [6.45, 7) is 2.11. The van der Waals surface area contributed by atoms with Crippen LogP contribution < -0.4 is 26.0 Å². The zero-order chi connectivity index (χ0) is 22.2. The highest BCUT2D eigenvalue weighted by atomic mass is 35.5. The van der Waals surface area contributed by atoms with Gasteiger partial charge < -0.3 is 26.0 Å². The highest BCUT2D eigenvalue weighted by Crippen LogP contribution is 2.29. The van der Waals surface area contributed by atoms with Crippen LogP contribution >= 0.6 is 11.6 Å². The van der Waals surface area contributed by atoms with Crippen molar-refractivity contribution in [3.8, 4) is 5.75 Å². The molecule has 170 valence electrons. The van der Waals surface area contributed by atoms with Gasteiger partial charge in [-0.25, -0.2) is 0 Å². The van der Waals surface area contributed by atoms with Gasteiger partial charge in [-0.15, -0.1) is 0 Å². The zero-order valence-corrected chi connectivity index (χ0v) is 19.5. The molecule has 0 radical (unpaired) electrons. The van der Waals surface area contributed by atoms with Crippen LogP contribution in [0.1, 0.15) is 58.3 Å². The Morgan fingerprint density at radius 3 is 2.52 bits per heavy atom. The summed E-state index contributed by atoms with van der Waals surface area (Å²) >= 11 is 6.27. The number of ether oxygens (including phenoxy) is 1. The number of nitrogens with two attached hydrogens (primary N) is 1. The smallest absolute Gasteiger partial charge is 0.233 e. The van der Waals surface area contributed by atoms with E-state index in [0.29, 0.717) is 34.7 Å². The number of anilines is 4. The van der Waals surface area contributed by atoms with E-state index in [1.54, 1.807) is 19.2 Å². The fourth-order valence-electron chi connectivity index (χ4n) is 3.76. The lowest BCUT2D eigenvalue weighted by molar-refractivity contribution is 0.415. The molecule has 0 saturated heterocycles. The van der Waals surface area contributed by atoms with Crippen molar-refractivity contribution in [2.45, 2.75) is 70.5 Å². The minimum Gasteiger partial charge on any atom is -0.495 e. The quantitative estimate of drug-likeness (QED) is 0.367. The molecular formula is C22H34ClN7O. The van der Waals surface area contributed by atoms with Gasteiger partial charge in [-0.2, -0.15) is 15.0 Å². The molecule has 0 aliphatic heterocycles. The van der Waals surface area contributed by atoms with Crippen LogP contribution in [0.3, 0.4) is 0 Å². The molecule has 1 aliphatic rings. The lowest BCUT2D eigenvalue weighted by Gasteiger charge is -2.25. The maximum Gasteiger partial charge on any atom is 0.233 e. The molecule has 8 nitrogen and oxygen atoms in total. The summed E-state index contributed by atoms with van der Waals surface area (Å²) in [7, 11) is 3.51. The molecule has 1 aromatic heterocycles. The Labute approximate surface area is 190 Å². The molecule has 1 aliphatic carbocycles. The van der Waals surface area contributed by atoms with E-state index in [1.165, 1.54) is 25.7 Å². The molecule has 1 heterocycles. The van der Waals surface area contributed by atoms with Crippen molar-refractivity contribution in [2.75, 3.05) is 29.7 Å². The number of methoxy groups -OCH3 is 1. The highest BCUT2D eigenvalue weighted by Gasteiger charge is 2.18. The molecule has 31 heavy (non-hydrogen) atoms. The predicted octanol–water partition coefficient (Wildman–Crippen LogP) is 4.93. The first kappa shape index (κ1) is 23.3. The maximum absolute atomic E-state index is 6.32. The molecule has 3 rings (SSSR count). The summed E-state index contributed by atoms with van der Waals surface area (Å²) in [5, 5.41) is 7.28. The largest absolute Gasteiger partial charge is 0.495 e. The molecule has 1 aromatic carbocycles. The Morgan fingerprint density at radius 2 is 1.87 bits per heavy atom. The molecule has 1 unspecified atom stereocenters. The van der Waals surface area contributed by atoms with Gasteiger partial charge in [0.05, 0.1) is 18.3 Å². The van der Waals surface area contributed by atoms with E-state index < -0.39 is 0 Å². The second-order valence-corrected chi connectivity index (χ2v) is 8.46. The number of rotatable bonds is 9. The van der Waals surface area contributed by atoms with Crippen LogP contribution in [0.2, 0.25) is 5.02 Å². The van der Waals surface area contributed by atoms with Crippen LogP contribution in [-0.4, -0.2) is 41.3 Å². The van der Waals surface area contributed by atoms with Gasteiger partial charge in [0.25, 0.3) is 0 Å². The van der Waals surface area contributed by atoms with E-state index in [-0.39, 0.29) is 6.17 Å². The van der Waals surface area contributed by atoms with Crippen molar-refractivity contribution in [3.63, 3.8) is 0 Å². The molecule has 1 atom stereocenters. The van der Waals surface area contributed by atoms with Crippen LogP contribution in [0.25, 0.3) is 0 Å². The van der Waals surface area contributed by atoms with Gasteiger partial charge in [0.15, 0.2) is 0 Å². The lowest BCUT2D eigenvalue weighted by atomic mass is 10.1. The number of nitrogens with one attached hydrogen (secondary N) is 2. The first-order valence-electron chi connectivity index (χ1n) is 11.1. The third-order valence-electron chi connectivity index (χ3n) is 5.62. The lowest BCUT2D eigenvalue weighted by Crippen LogP contribution is -2.40. The monoisotopic (exact) mass is 447 g/mol. The molecule has 0 spiro atoms. The fourth-order valence-corrected chi connectivity index (χ4v) is 4.02. The summed E-state index contributed by atoms with van der Waals surface area (Å²) < 4.78 is 5.23. The third-order valence-corrected chi connectivity index (χ3v) is 5.91. The van der Waals surface area contributed by atoms with Gasteiger partial charge >= 0.3 is 0 Å². The van der Waals surface area contributed by atoms with Crippen LogP contribution in [0.4, 0.5) is 23.5 Å². The van der Waals surface area contributed by atoms with E-state index in [4.69, 9.17) is 22.1 Å². The summed E-state index contributed by atoms with van der Waals surface area (Å²) in [6, 6.07) is 5.84. The number of benzene rings is 1. The number of aromatic nitrogens is 3. The van der Waals surface area contributed by atoms with Gasteiger partial charge in [-0.05, 0) is 37.5 Å². The van der Waals surface area contributed by atoms with Crippen LogP contribution in [0.5, 0.6) is 5.75 Å². The average Bonchev–Trinajstić information content (AvgIpc) is 3.02. The van der Waals surface area contributed by atoms with Gasteiger partial charge in [0, 0.05) is 18.8 Å². The topological polar surface area (TPSA) is 101 Å². The first-order chi connectivity index (χ1) is 15.0. The Hall–Kier alpha value is -2.32. The van der Waals surface area contributed by atoms with Crippen molar-refractivity contribution >= 4 is 35.1 Å². The Balaban J connectivity index is 1.87. The summed E-state index contributed by atoms with van der Waals surface area (Å²) in [4.78, 5) is 15.8. The average molecular weight is 448 g/mol. The molecular weight excluding hydrogens is 414 g/mol. The standard InChI is InChI=1S/C22H34ClN7O/c1-4-9-19(24)30(2)22-28-20(25-15-10-7-5-6-8-11-15)27-21(29-22)26-16-12-13-18(31-3)17(23)14-16/h12-15,19H,4-11,24H2,1-3H3,(H2,25,26,27,28,29). The van der Waals surface area contributed by atoms with Crippen LogP contribution in [0.15, 0.2) is 18.2 Å². The number of hydrogen-bond donors (Lipinski definition) is 3. The van der Waals surface area contributed by atoms with E-state index in [1.807, 2.05) is 18.0 Å². The normalized spacial score (nSPS) is 15.8. The molecule has 2 aromatic rings. The Morgan fingerprint density at radius 1 is 1.16 bits per heavy atom. The molecule has 1 saturated carbocycles. The third kappa shape index (κ3) is 6.58. The van der Waals surface area contributed by atoms with Gasteiger partial charge in [-0.3, -0.25) is 0 Å². The fraction of sp³-hybridized carbons (Fsp3) is 0.591. The first-order valence-corrected chi connectivity index (χ1v) is 11.5. The van der Waals surface area contributed by atoms with Crippen LogP contribution in [-0.2, 0) is 0 Å². The second-order valence-electron chi connectivity index (χ2n) is 8.06. The highest BCUT2D eigenvalue weighted by molar-refractivity contribution is 6.32. The summed E-state index contributed by atoms with van der Waals surface area (Å²) in [6.07, 6.45) is 8.97. The van der Waals surface area contributed by atoms with Crippen molar-refractivity contribution in [3.05, 3.63) is 23.2 Å². The Kier molecular flexibility index (Phi) is 8.54. The van der Waals surface area contributed by atoms with E-state index in [0.717, 1.165) is 31.4 Å². The molecule has 1 fully saturated rings. The van der Waals surface area contributed by atoms with Crippen LogP contribution in [0, 0.1) is 0 Å². The van der Waals surface area contributed by atoms with Gasteiger partial charge in [-0.1, -0.05) is 50.6 Å². The van der Waals surface area contributed by atoms with Crippen molar-refractivity contribution in [1.29, 1.82) is 0 Å². The van der Waals surface area contributed by atoms with Crippen molar-refractivity contribution < 1.29 is 4.74 Å². The molecule has 4 N–H and O–H groups in total.